The van der Waals surface area contributed by atoms with Crippen molar-refractivity contribution in [3.8, 4) is 0 Å². The van der Waals surface area contributed by atoms with Crippen molar-refractivity contribution >= 4 is 17.5 Å². The van der Waals surface area contributed by atoms with E-state index in [0.717, 1.165) is 64.2 Å². The highest BCUT2D eigenvalue weighted by atomic mass is 16.2. The molecule has 2 saturated heterocycles. The number of piperidine rings is 1. The highest BCUT2D eigenvalue weighted by molar-refractivity contribution is 6.08. The maximum atomic E-state index is 12.9. The van der Waals surface area contributed by atoms with Gasteiger partial charge in [0, 0.05) is 57.6 Å². The number of aromatic nitrogens is 2. The molecule has 1 aromatic heterocycles. The van der Waals surface area contributed by atoms with Crippen LogP contribution in [0, 0.1) is 5.92 Å². The van der Waals surface area contributed by atoms with E-state index in [1.165, 1.54) is 0 Å². The number of nitrogens with one attached hydrogen (secondary N) is 2. The van der Waals surface area contributed by atoms with Crippen LogP contribution < -0.4 is 5.32 Å². The van der Waals surface area contributed by atoms with E-state index in [2.05, 4.69) is 45.4 Å². The van der Waals surface area contributed by atoms with E-state index in [9.17, 15) is 9.59 Å². The Balaban J connectivity index is 1.40. The van der Waals surface area contributed by atoms with Gasteiger partial charge in [-0.2, -0.15) is 5.10 Å². The van der Waals surface area contributed by atoms with Crippen LogP contribution in [0.15, 0.2) is 30.5 Å². The largest absolute Gasteiger partial charge is 0.337 e. The van der Waals surface area contributed by atoms with Crippen molar-refractivity contribution in [3.05, 3.63) is 47.3 Å². The van der Waals surface area contributed by atoms with Gasteiger partial charge in [-0.05, 0) is 43.5 Å². The van der Waals surface area contributed by atoms with E-state index >= 15 is 0 Å². The number of piperazine rings is 1. The van der Waals surface area contributed by atoms with Crippen LogP contribution in [0.25, 0.3) is 0 Å². The van der Waals surface area contributed by atoms with E-state index in [1.54, 1.807) is 12.3 Å². The van der Waals surface area contributed by atoms with Crippen molar-refractivity contribution in [2.24, 2.45) is 5.92 Å². The highest BCUT2D eigenvalue weighted by Crippen LogP contribution is 2.21. The minimum atomic E-state index is -0.233. The van der Waals surface area contributed by atoms with Crippen LogP contribution >= 0.6 is 0 Å². The first kappa shape index (κ1) is 21.5. The standard InChI is InChI=1S/C23H32N6O2/c1-17-6-8-29(9-7-17)23(31)21-20(15-24-26-21)25-22(30)19-5-3-4-18(14-19)16-28-12-10-27(2)11-13-28/h3-5,14-15,17H,6-13,16H2,1-2H3,(H,24,26)(H,25,30). The van der Waals surface area contributed by atoms with Crippen molar-refractivity contribution in [2.45, 2.75) is 26.3 Å². The Bertz CT molecular complexity index is 910. The Labute approximate surface area is 183 Å². The number of anilines is 1. The lowest BCUT2D eigenvalue weighted by Gasteiger charge is -2.32. The molecule has 2 aliphatic rings. The van der Waals surface area contributed by atoms with Crippen LogP contribution in [0.5, 0.6) is 0 Å². The van der Waals surface area contributed by atoms with Crippen LogP contribution in [0.1, 0.15) is 46.2 Å². The Morgan fingerprint density at radius 1 is 1.13 bits per heavy atom. The van der Waals surface area contributed by atoms with E-state index in [0.29, 0.717) is 17.2 Å². The first-order chi connectivity index (χ1) is 15.0. The molecule has 2 fully saturated rings. The third-order valence-corrected chi connectivity index (χ3v) is 6.35. The Morgan fingerprint density at radius 2 is 1.87 bits per heavy atom. The fourth-order valence-corrected chi connectivity index (χ4v) is 4.18. The number of hydrogen-bond donors (Lipinski definition) is 2. The molecule has 4 rings (SSSR count). The summed E-state index contributed by atoms with van der Waals surface area (Å²) in [4.78, 5) is 32.3. The molecule has 31 heavy (non-hydrogen) atoms. The van der Waals surface area contributed by atoms with E-state index < -0.39 is 0 Å². The summed E-state index contributed by atoms with van der Waals surface area (Å²) in [6, 6.07) is 7.70. The van der Waals surface area contributed by atoms with Gasteiger partial charge in [-0.15, -0.1) is 0 Å². The van der Waals surface area contributed by atoms with Gasteiger partial charge in [-0.1, -0.05) is 19.1 Å². The molecule has 2 N–H and O–H groups in total. The minimum absolute atomic E-state index is 0.132. The molecule has 0 bridgehead atoms. The van der Waals surface area contributed by atoms with Crippen molar-refractivity contribution in [2.75, 3.05) is 51.6 Å². The lowest BCUT2D eigenvalue weighted by molar-refractivity contribution is 0.0692. The van der Waals surface area contributed by atoms with Crippen LogP contribution in [-0.2, 0) is 6.54 Å². The molecule has 8 nitrogen and oxygen atoms in total. The number of carbonyl (C=O) groups is 2. The minimum Gasteiger partial charge on any atom is -0.337 e. The van der Waals surface area contributed by atoms with Crippen molar-refractivity contribution in [1.82, 2.24) is 24.9 Å². The summed E-state index contributed by atoms with van der Waals surface area (Å²) in [5.74, 6) is 0.274. The molecule has 1 aromatic carbocycles. The van der Waals surface area contributed by atoms with Crippen molar-refractivity contribution < 1.29 is 9.59 Å². The number of benzene rings is 1. The fraction of sp³-hybridized carbons (Fsp3) is 0.522. The second-order valence-corrected chi connectivity index (χ2v) is 8.86. The molecule has 0 atom stereocenters. The van der Waals surface area contributed by atoms with Gasteiger partial charge in [0.2, 0.25) is 0 Å². The zero-order chi connectivity index (χ0) is 21.8. The molecule has 2 aliphatic heterocycles. The third kappa shape index (κ3) is 5.32. The number of likely N-dealkylation sites (N-methyl/N-ethyl adjacent to an activating group) is 1. The van der Waals surface area contributed by atoms with Crippen LogP contribution in [0.2, 0.25) is 0 Å². The molecular formula is C23H32N6O2. The van der Waals surface area contributed by atoms with Gasteiger partial charge in [-0.3, -0.25) is 19.6 Å². The number of carbonyl (C=O) groups excluding carboxylic acids is 2. The quantitative estimate of drug-likeness (QED) is 0.769. The number of likely N-dealkylation sites (tertiary alicyclic amines) is 1. The Kier molecular flexibility index (Phi) is 6.67. The van der Waals surface area contributed by atoms with Crippen LogP contribution in [0.4, 0.5) is 5.69 Å². The Hall–Kier alpha value is -2.71. The SMILES string of the molecule is CC1CCN(C(=O)c2n[nH]cc2NC(=O)c2cccc(CN3CCN(C)CC3)c2)CC1. The number of aromatic amines is 1. The summed E-state index contributed by atoms with van der Waals surface area (Å²) in [6.07, 6.45) is 3.57. The third-order valence-electron chi connectivity index (χ3n) is 6.35. The first-order valence-electron chi connectivity index (χ1n) is 11.1. The average Bonchev–Trinajstić information content (AvgIpc) is 3.23. The van der Waals surface area contributed by atoms with Crippen molar-refractivity contribution in [1.29, 1.82) is 0 Å². The molecule has 166 valence electrons. The van der Waals surface area contributed by atoms with E-state index in [1.807, 2.05) is 17.0 Å². The molecule has 0 spiro atoms. The monoisotopic (exact) mass is 424 g/mol. The summed E-state index contributed by atoms with van der Waals surface area (Å²) >= 11 is 0. The van der Waals surface area contributed by atoms with Crippen LogP contribution in [-0.4, -0.2) is 83.0 Å². The predicted octanol–water partition coefficient (Wildman–Crippen LogP) is 2.28. The van der Waals surface area contributed by atoms with Gasteiger partial charge in [0.1, 0.15) is 0 Å². The van der Waals surface area contributed by atoms with Gasteiger partial charge < -0.3 is 15.1 Å². The summed E-state index contributed by atoms with van der Waals surface area (Å²) in [5.41, 5.74) is 2.40. The molecule has 2 amide bonds. The number of hydrogen-bond acceptors (Lipinski definition) is 5. The zero-order valence-electron chi connectivity index (χ0n) is 18.4. The lowest BCUT2D eigenvalue weighted by atomic mass is 9.99. The molecule has 2 aromatic rings. The van der Waals surface area contributed by atoms with Gasteiger partial charge in [0.25, 0.3) is 11.8 Å². The topological polar surface area (TPSA) is 84.6 Å². The number of rotatable bonds is 5. The van der Waals surface area contributed by atoms with Gasteiger partial charge >= 0.3 is 0 Å². The Morgan fingerprint density at radius 3 is 2.61 bits per heavy atom. The van der Waals surface area contributed by atoms with Gasteiger partial charge in [0.15, 0.2) is 5.69 Å². The smallest absolute Gasteiger partial charge is 0.276 e. The van der Waals surface area contributed by atoms with E-state index in [4.69, 9.17) is 0 Å². The van der Waals surface area contributed by atoms with Crippen molar-refractivity contribution in [3.63, 3.8) is 0 Å². The highest BCUT2D eigenvalue weighted by Gasteiger charge is 2.26. The lowest BCUT2D eigenvalue weighted by Crippen LogP contribution is -2.43. The molecule has 3 heterocycles. The molecule has 0 saturated carbocycles. The predicted molar refractivity (Wildman–Crippen MR) is 120 cm³/mol. The van der Waals surface area contributed by atoms with Gasteiger partial charge in [-0.25, -0.2) is 0 Å². The maximum absolute atomic E-state index is 12.9. The normalized spacial score (nSPS) is 18.8. The zero-order valence-corrected chi connectivity index (χ0v) is 18.4. The fourth-order valence-electron chi connectivity index (χ4n) is 4.18. The second kappa shape index (κ2) is 9.62. The van der Waals surface area contributed by atoms with E-state index in [-0.39, 0.29) is 17.5 Å². The number of nitrogens with zero attached hydrogens (tertiary/aromatic N) is 4. The summed E-state index contributed by atoms with van der Waals surface area (Å²) in [5, 5.41) is 9.72. The maximum Gasteiger partial charge on any atom is 0.276 e. The molecule has 0 radical (unpaired) electrons. The molecule has 0 unspecified atom stereocenters. The molecular weight excluding hydrogens is 392 g/mol. The average molecular weight is 425 g/mol. The second-order valence-electron chi connectivity index (χ2n) is 8.86. The summed E-state index contributed by atoms with van der Waals surface area (Å²) < 4.78 is 0. The summed E-state index contributed by atoms with van der Waals surface area (Å²) in [7, 11) is 2.14. The molecule has 8 heteroatoms. The van der Waals surface area contributed by atoms with Crippen LogP contribution in [0.3, 0.4) is 0 Å². The van der Waals surface area contributed by atoms with Gasteiger partial charge in [0.05, 0.1) is 5.69 Å². The number of H-pyrrole nitrogens is 1. The number of amides is 2. The first-order valence-corrected chi connectivity index (χ1v) is 11.1. The summed E-state index contributed by atoms with van der Waals surface area (Å²) in [6.45, 7) is 8.69. The molecule has 0 aliphatic carbocycles.